The van der Waals surface area contributed by atoms with Crippen molar-refractivity contribution < 1.29 is 14.1 Å². The fourth-order valence-corrected chi connectivity index (χ4v) is 2.69. The number of hydrogen-bond acceptors (Lipinski definition) is 6. The number of carbonyl (C=O) groups excluding carboxylic acids is 1. The zero-order valence-electron chi connectivity index (χ0n) is 13.8. The SMILES string of the molecule is CCOC(=O)N1CCC(N[C@@H](c2nc(C)no2)C(C)C)CC1. The molecule has 124 valence electrons. The first-order valence-electron chi connectivity index (χ1n) is 7.99. The highest BCUT2D eigenvalue weighted by Gasteiger charge is 2.29. The smallest absolute Gasteiger partial charge is 0.409 e. The van der Waals surface area contributed by atoms with Crippen LogP contribution in [0.5, 0.6) is 0 Å². The van der Waals surface area contributed by atoms with E-state index < -0.39 is 0 Å². The van der Waals surface area contributed by atoms with E-state index in [1.54, 1.807) is 4.90 Å². The summed E-state index contributed by atoms with van der Waals surface area (Å²) < 4.78 is 10.4. The topological polar surface area (TPSA) is 80.5 Å². The molecule has 0 aromatic carbocycles. The minimum Gasteiger partial charge on any atom is -0.450 e. The van der Waals surface area contributed by atoms with Gasteiger partial charge in [0.15, 0.2) is 5.82 Å². The maximum Gasteiger partial charge on any atom is 0.409 e. The predicted octanol–water partition coefficient (Wildman–Crippen LogP) is 2.29. The lowest BCUT2D eigenvalue weighted by molar-refractivity contribution is 0.0927. The molecule has 0 unspecified atom stereocenters. The highest BCUT2D eigenvalue weighted by atomic mass is 16.6. The maximum absolute atomic E-state index is 11.7. The molecule has 0 aliphatic carbocycles. The number of amides is 1. The van der Waals surface area contributed by atoms with Crippen LogP contribution in [0.15, 0.2) is 4.52 Å². The number of ether oxygens (including phenoxy) is 1. The first-order valence-corrected chi connectivity index (χ1v) is 7.99. The van der Waals surface area contributed by atoms with Crippen molar-refractivity contribution in [2.75, 3.05) is 19.7 Å². The molecule has 7 heteroatoms. The Morgan fingerprint density at radius 3 is 2.64 bits per heavy atom. The Balaban J connectivity index is 1.89. The van der Waals surface area contributed by atoms with E-state index in [-0.39, 0.29) is 12.1 Å². The van der Waals surface area contributed by atoms with E-state index in [9.17, 15) is 4.79 Å². The average molecular weight is 310 g/mol. The van der Waals surface area contributed by atoms with Gasteiger partial charge in [0.05, 0.1) is 12.6 Å². The Hall–Kier alpha value is -1.63. The van der Waals surface area contributed by atoms with Gasteiger partial charge in [-0.25, -0.2) is 4.79 Å². The number of nitrogens with zero attached hydrogens (tertiary/aromatic N) is 3. The molecule has 1 amide bonds. The second-order valence-corrected chi connectivity index (χ2v) is 6.03. The molecule has 1 aliphatic rings. The number of rotatable bonds is 5. The molecule has 0 bridgehead atoms. The Morgan fingerprint density at radius 2 is 2.14 bits per heavy atom. The molecular weight excluding hydrogens is 284 g/mol. The van der Waals surface area contributed by atoms with Gasteiger partial charge in [0.1, 0.15) is 0 Å². The maximum atomic E-state index is 11.7. The molecule has 0 saturated carbocycles. The minimum atomic E-state index is -0.214. The molecule has 1 N–H and O–H groups in total. The van der Waals surface area contributed by atoms with Crippen molar-refractivity contribution >= 4 is 6.09 Å². The van der Waals surface area contributed by atoms with E-state index in [2.05, 4.69) is 29.3 Å². The van der Waals surface area contributed by atoms with Gasteiger partial charge >= 0.3 is 6.09 Å². The summed E-state index contributed by atoms with van der Waals surface area (Å²) in [5.74, 6) is 1.64. The van der Waals surface area contributed by atoms with Crippen molar-refractivity contribution in [1.82, 2.24) is 20.4 Å². The number of nitrogens with one attached hydrogen (secondary N) is 1. The van der Waals surface area contributed by atoms with Crippen molar-refractivity contribution in [3.05, 3.63) is 11.7 Å². The number of carbonyl (C=O) groups is 1. The van der Waals surface area contributed by atoms with E-state index in [4.69, 9.17) is 9.26 Å². The number of likely N-dealkylation sites (tertiary alicyclic amines) is 1. The summed E-state index contributed by atoms with van der Waals surface area (Å²) in [5.41, 5.74) is 0. The molecule has 1 fully saturated rings. The van der Waals surface area contributed by atoms with Crippen molar-refractivity contribution in [1.29, 1.82) is 0 Å². The van der Waals surface area contributed by atoms with Gasteiger partial charge in [-0.2, -0.15) is 4.98 Å². The normalized spacial score (nSPS) is 17.8. The molecule has 1 aliphatic heterocycles. The third-order valence-electron chi connectivity index (χ3n) is 3.91. The Morgan fingerprint density at radius 1 is 1.45 bits per heavy atom. The van der Waals surface area contributed by atoms with Gasteiger partial charge < -0.3 is 19.5 Å². The average Bonchev–Trinajstić information content (AvgIpc) is 2.91. The van der Waals surface area contributed by atoms with Crippen LogP contribution in [0, 0.1) is 12.8 Å². The summed E-state index contributed by atoms with van der Waals surface area (Å²) >= 11 is 0. The van der Waals surface area contributed by atoms with E-state index >= 15 is 0 Å². The largest absolute Gasteiger partial charge is 0.450 e. The first-order chi connectivity index (χ1) is 10.5. The summed E-state index contributed by atoms with van der Waals surface area (Å²) in [5, 5.41) is 7.47. The van der Waals surface area contributed by atoms with E-state index in [1.165, 1.54) is 0 Å². The summed E-state index contributed by atoms with van der Waals surface area (Å²) in [6.07, 6.45) is 1.58. The zero-order valence-corrected chi connectivity index (χ0v) is 13.8. The zero-order chi connectivity index (χ0) is 16.1. The molecule has 2 heterocycles. The molecule has 2 rings (SSSR count). The van der Waals surface area contributed by atoms with Crippen molar-refractivity contribution in [3.8, 4) is 0 Å². The van der Waals surface area contributed by atoms with Crippen LogP contribution in [0.4, 0.5) is 4.79 Å². The number of aromatic nitrogens is 2. The van der Waals surface area contributed by atoms with Gasteiger partial charge in [0.25, 0.3) is 0 Å². The highest BCUT2D eigenvalue weighted by molar-refractivity contribution is 5.67. The Kier molecular flexibility index (Phi) is 5.76. The molecule has 0 spiro atoms. The third-order valence-corrected chi connectivity index (χ3v) is 3.91. The Labute approximate surface area is 131 Å². The van der Waals surface area contributed by atoms with Crippen LogP contribution in [0.3, 0.4) is 0 Å². The summed E-state index contributed by atoms with van der Waals surface area (Å²) in [6.45, 7) is 9.75. The van der Waals surface area contributed by atoms with E-state index in [1.807, 2.05) is 13.8 Å². The van der Waals surface area contributed by atoms with Crippen molar-refractivity contribution in [2.24, 2.45) is 5.92 Å². The third kappa shape index (κ3) is 4.19. The molecule has 1 atom stereocenters. The van der Waals surface area contributed by atoms with Crippen LogP contribution in [0.2, 0.25) is 0 Å². The van der Waals surface area contributed by atoms with Gasteiger partial charge in [-0.3, -0.25) is 0 Å². The van der Waals surface area contributed by atoms with Crippen LogP contribution in [-0.4, -0.2) is 46.9 Å². The lowest BCUT2D eigenvalue weighted by Crippen LogP contribution is -2.46. The highest BCUT2D eigenvalue weighted by Crippen LogP contribution is 2.23. The number of hydrogen-bond donors (Lipinski definition) is 1. The lowest BCUT2D eigenvalue weighted by Gasteiger charge is -2.34. The van der Waals surface area contributed by atoms with Crippen molar-refractivity contribution in [3.63, 3.8) is 0 Å². The van der Waals surface area contributed by atoms with E-state index in [0.29, 0.717) is 43.4 Å². The lowest BCUT2D eigenvalue weighted by atomic mass is 9.99. The Bertz CT molecular complexity index is 481. The summed E-state index contributed by atoms with van der Waals surface area (Å²) in [7, 11) is 0. The van der Waals surface area contributed by atoms with Gasteiger partial charge in [0, 0.05) is 19.1 Å². The second-order valence-electron chi connectivity index (χ2n) is 6.03. The summed E-state index contributed by atoms with van der Waals surface area (Å²) in [6, 6.07) is 0.380. The van der Waals surface area contributed by atoms with Crippen LogP contribution in [0.1, 0.15) is 51.4 Å². The van der Waals surface area contributed by atoms with Crippen LogP contribution in [-0.2, 0) is 4.74 Å². The summed E-state index contributed by atoms with van der Waals surface area (Å²) in [4.78, 5) is 17.8. The molecule has 22 heavy (non-hydrogen) atoms. The van der Waals surface area contributed by atoms with Gasteiger partial charge in [0.2, 0.25) is 5.89 Å². The molecule has 7 nitrogen and oxygen atoms in total. The second kappa shape index (κ2) is 7.58. The standard InChI is InChI=1S/C15H26N4O3/c1-5-21-15(20)19-8-6-12(7-9-19)17-13(10(2)3)14-16-11(4)18-22-14/h10,12-13,17H,5-9H2,1-4H3/t13-/m1/s1. The monoisotopic (exact) mass is 310 g/mol. The van der Waals surface area contributed by atoms with Crippen molar-refractivity contribution in [2.45, 2.75) is 52.6 Å². The molecule has 0 radical (unpaired) electrons. The fraction of sp³-hybridized carbons (Fsp3) is 0.800. The van der Waals surface area contributed by atoms with Gasteiger partial charge in [-0.05, 0) is 32.6 Å². The number of aryl methyl sites for hydroxylation is 1. The first kappa shape index (κ1) is 16.7. The molecule has 1 saturated heterocycles. The molecule has 1 aromatic heterocycles. The van der Waals surface area contributed by atoms with Crippen LogP contribution >= 0.6 is 0 Å². The van der Waals surface area contributed by atoms with Gasteiger partial charge in [-0.1, -0.05) is 19.0 Å². The quantitative estimate of drug-likeness (QED) is 0.898. The van der Waals surface area contributed by atoms with Crippen LogP contribution < -0.4 is 5.32 Å². The van der Waals surface area contributed by atoms with Gasteiger partial charge in [-0.15, -0.1) is 0 Å². The molecule has 1 aromatic rings. The van der Waals surface area contributed by atoms with Crippen LogP contribution in [0.25, 0.3) is 0 Å². The molecular formula is C15H26N4O3. The number of piperidine rings is 1. The minimum absolute atomic E-state index is 0.0420. The van der Waals surface area contributed by atoms with E-state index in [0.717, 1.165) is 12.8 Å². The predicted molar refractivity (Wildman–Crippen MR) is 81.4 cm³/mol. The fourth-order valence-electron chi connectivity index (χ4n) is 2.69.